The van der Waals surface area contributed by atoms with Gasteiger partial charge in [-0.05, 0) is 35.4 Å². The lowest BCUT2D eigenvalue weighted by Crippen LogP contribution is -2.41. The van der Waals surface area contributed by atoms with E-state index >= 15 is 0 Å². The van der Waals surface area contributed by atoms with Gasteiger partial charge in [0.25, 0.3) is 0 Å². The van der Waals surface area contributed by atoms with Crippen LogP contribution in [0.2, 0.25) is 0 Å². The van der Waals surface area contributed by atoms with Crippen LogP contribution in [0.5, 0.6) is 0 Å². The molecule has 0 saturated carbocycles. The van der Waals surface area contributed by atoms with Crippen molar-refractivity contribution in [3.05, 3.63) is 29.3 Å². The molecule has 0 spiro atoms. The van der Waals surface area contributed by atoms with E-state index in [2.05, 4.69) is 37.4 Å². The number of carbonyl (C=O) groups excluding carboxylic acids is 1. The molecule has 1 unspecified atom stereocenters. The molecule has 4 nitrogen and oxygen atoms in total. The van der Waals surface area contributed by atoms with Crippen molar-refractivity contribution in [1.82, 2.24) is 0 Å². The lowest BCUT2D eigenvalue weighted by Gasteiger charge is -2.30. The highest BCUT2D eigenvalue weighted by molar-refractivity contribution is 5.81. The highest BCUT2D eigenvalue weighted by atomic mass is 16.6. The summed E-state index contributed by atoms with van der Waals surface area (Å²) >= 11 is 0. The molecule has 3 atom stereocenters. The summed E-state index contributed by atoms with van der Waals surface area (Å²) in [6, 6.07) is 6.14. The van der Waals surface area contributed by atoms with Crippen LogP contribution in [0.3, 0.4) is 0 Å². The van der Waals surface area contributed by atoms with E-state index in [1.165, 1.54) is 50.5 Å². The Morgan fingerprint density at radius 2 is 1.86 bits per heavy atom. The summed E-state index contributed by atoms with van der Waals surface area (Å²) < 4.78 is 5.53. The number of cyclic esters (lactones) is 1. The molecule has 1 aromatic rings. The molecule has 1 aliphatic rings. The second kappa shape index (κ2) is 11.5. The molecule has 0 bridgehead atoms. The van der Waals surface area contributed by atoms with E-state index in [1.54, 1.807) is 0 Å². The van der Waals surface area contributed by atoms with Crippen LogP contribution < -0.4 is 5.32 Å². The van der Waals surface area contributed by atoms with E-state index in [0.29, 0.717) is 12.3 Å². The molecule has 1 aromatic carbocycles. The molecule has 2 N–H and O–H groups in total. The number of ether oxygens (including phenoxy) is 1. The van der Waals surface area contributed by atoms with Crippen LogP contribution in [0.25, 0.3) is 0 Å². The third-order valence-corrected chi connectivity index (χ3v) is 5.85. The van der Waals surface area contributed by atoms with Crippen molar-refractivity contribution in [2.24, 2.45) is 5.92 Å². The van der Waals surface area contributed by atoms with Gasteiger partial charge >= 0.3 is 5.97 Å². The molecule has 28 heavy (non-hydrogen) atoms. The average molecular weight is 390 g/mol. The molecule has 2 rings (SSSR count). The highest BCUT2D eigenvalue weighted by Crippen LogP contribution is 2.30. The SMILES string of the molecule is CCCCCCCCC(C)c1ccc2c(c1)C[C@@H](CO)OC(=O)[C@H](C(C)C)N2. The maximum Gasteiger partial charge on any atom is 0.329 e. The first-order valence-corrected chi connectivity index (χ1v) is 11.2. The zero-order chi connectivity index (χ0) is 20.5. The number of rotatable bonds is 10. The van der Waals surface area contributed by atoms with Gasteiger partial charge in [-0.3, -0.25) is 0 Å². The Labute approximate surface area is 171 Å². The summed E-state index contributed by atoms with van der Waals surface area (Å²) in [7, 11) is 0. The van der Waals surface area contributed by atoms with E-state index in [1.807, 2.05) is 13.8 Å². The number of anilines is 1. The standard InChI is InChI=1S/C24H39NO3/c1-5-6-7-8-9-10-11-18(4)19-12-13-22-20(14-19)15-21(16-26)28-24(27)23(25-22)17(2)3/h12-14,17-18,21,23,25-26H,5-11,15-16H2,1-4H3/t18?,21-,23-/m0/s1. The van der Waals surface area contributed by atoms with E-state index in [0.717, 1.165) is 11.3 Å². The van der Waals surface area contributed by atoms with Gasteiger partial charge in [-0.25, -0.2) is 4.79 Å². The molecule has 0 radical (unpaired) electrons. The Morgan fingerprint density at radius 3 is 2.54 bits per heavy atom. The van der Waals surface area contributed by atoms with Gasteiger partial charge in [0.1, 0.15) is 12.1 Å². The predicted octanol–water partition coefficient (Wildman–Crippen LogP) is 5.44. The Bertz CT molecular complexity index is 614. The first-order chi connectivity index (χ1) is 13.5. The molecular formula is C24H39NO3. The van der Waals surface area contributed by atoms with Crippen molar-refractivity contribution in [2.75, 3.05) is 11.9 Å². The Kier molecular flexibility index (Phi) is 9.30. The van der Waals surface area contributed by atoms with Gasteiger partial charge in [0.2, 0.25) is 0 Å². The molecule has 1 aliphatic heterocycles. The van der Waals surface area contributed by atoms with E-state index in [9.17, 15) is 9.90 Å². The fourth-order valence-electron chi connectivity index (χ4n) is 3.92. The number of esters is 1. The van der Waals surface area contributed by atoms with Crippen molar-refractivity contribution in [3.63, 3.8) is 0 Å². The number of fused-ring (bicyclic) bond motifs is 1. The zero-order valence-corrected chi connectivity index (χ0v) is 18.2. The third kappa shape index (κ3) is 6.51. The topological polar surface area (TPSA) is 58.6 Å². The minimum Gasteiger partial charge on any atom is -0.458 e. The monoisotopic (exact) mass is 389 g/mol. The van der Waals surface area contributed by atoms with Crippen LogP contribution >= 0.6 is 0 Å². The Morgan fingerprint density at radius 1 is 1.14 bits per heavy atom. The first kappa shape index (κ1) is 22.7. The second-order valence-electron chi connectivity index (χ2n) is 8.69. The van der Waals surface area contributed by atoms with Gasteiger partial charge in [-0.1, -0.05) is 78.4 Å². The van der Waals surface area contributed by atoms with Gasteiger partial charge in [-0.15, -0.1) is 0 Å². The molecule has 158 valence electrons. The van der Waals surface area contributed by atoms with Gasteiger partial charge in [0.15, 0.2) is 0 Å². The van der Waals surface area contributed by atoms with Crippen LogP contribution in [0.15, 0.2) is 18.2 Å². The molecule has 1 heterocycles. The molecule has 0 fully saturated rings. The van der Waals surface area contributed by atoms with Crippen molar-refractivity contribution in [2.45, 2.75) is 97.1 Å². The minimum absolute atomic E-state index is 0.115. The van der Waals surface area contributed by atoms with Crippen molar-refractivity contribution < 1.29 is 14.6 Å². The predicted molar refractivity (Wildman–Crippen MR) is 116 cm³/mol. The molecule has 0 aliphatic carbocycles. The number of hydrogen-bond acceptors (Lipinski definition) is 4. The molecule has 0 amide bonds. The summed E-state index contributed by atoms with van der Waals surface area (Å²) in [6.07, 6.45) is 9.20. The summed E-state index contributed by atoms with van der Waals surface area (Å²) in [6.45, 7) is 8.41. The second-order valence-corrected chi connectivity index (χ2v) is 8.69. The molecule has 0 aromatic heterocycles. The van der Waals surface area contributed by atoms with Crippen LogP contribution in [-0.4, -0.2) is 29.8 Å². The fraction of sp³-hybridized carbons (Fsp3) is 0.708. The van der Waals surface area contributed by atoms with E-state index in [-0.39, 0.29) is 24.5 Å². The number of nitrogens with one attached hydrogen (secondary N) is 1. The van der Waals surface area contributed by atoms with Crippen LogP contribution in [-0.2, 0) is 16.0 Å². The lowest BCUT2D eigenvalue weighted by atomic mass is 9.91. The average Bonchev–Trinajstić information content (AvgIpc) is 2.66. The summed E-state index contributed by atoms with van der Waals surface area (Å²) in [4.78, 5) is 12.4. The van der Waals surface area contributed by atoms with Gasteiger partial charge in [-0.2, -0.15) is 0 Å². The van der Waals surface area contributed by atoms with Crippen molar-refractivity contribution in [1.29, 1.82) is 0 Å². The summed E-state index contributed by atoms with van der Waals surface area (Å²) in [5, 5.41) is 13.0. The number of aliphatic hydroxyl groups is 1. The Balaban J connectivity index is 2.06. The van der Waals surface area contributed by atoms with Crippen LogP contribution in [0.4, 0.5) is 5.69 Å². The number of carbonyl (C=O) groups is 1. The third-order valence-electron chi connectivity index (χ3n) is 5.85. The number of benzene rings is 1. The number of hydrogen-bond donors (Lipinski definition) is 2. The smallest absolute Gasteiger partial charge is 0.329 e. The normalized spacial score (nSPS) is 20.7. The zero-order valence-electron chi connectivity index (χ0n) is 18.2. The van der Waals surface area contributed by atoms with Crippen LogP contribution in [0, 0.1) is 5.92 Å². The maximum absolute atomic E-state index is 12.4. The van der Waals surface area contributed by atoms with E-state index in [4.69, 9.17) is 4.74 Å². The van der Waals surface area contributed by atoms with Gasteiger partial charge < -0.3 is 15.2 Å². The van der Waals surface area contributed by atoms with Gasteiger partial charge in [0, 0.05) is 12.1 Å². The lowest BCUT2D eigenvalue weighted by molar-refractivity contribution is -0.153. The molecule has 4 heteroatoms. The van der Waals surface area contributed by atoms with E-state index < -0.39 is 6.10 Å². The Hall–Kier alpha value is -1.55. The fourth-order valence-corrected chi connectivity index (χ4v) is 3.92. The summed E-state index contributed by atoms with van der Waals surface area (Å²) in [5.74, 6) is 0.349. The molecular weight excluding hydrogens is 350 g/mol. The van der Waals surface area contributed by atoms with Gasteiger partial charge in [0.05, 0.1) is 6.61 Å². The first-order valence-electron chi connectivity index (χ1n) is 11.2. The largest absolute Gasteiger partial charge is 0.458 e. The number of aliphatic hydroxyl groups excluding tert-OH is 1. The van der Waals surface area contributed by atoms with Crippen molar-refractivity contribution in [3.8, 4) is 0 Å². The quantitative estimate of drug-likeness (QED) is 0.413. The van der Waals surface area contributed by atoms with Crippen molar-refractivity contribution >= 4 is 11.7 Å². The highest BCUT2D eigenvalue weighted by Gasteiger charge is 2.30. The minimum atomic E-state index is -0.473. The maximum atomic E-state index is 12.4. The number of unbranched alkanes of at least 4 members (excludes halogenated alkanes) is 5. The molecule has 0 saturated heterocycles. The summed E-state index contributed by atoms with van der Waals surface area (Å²) in [5.41, 5.74) is 3.45. The van der Waals surface area contributed by atoms with Crippen LogP contribution in [0.1, 0.15) is 89.7 Å².